The molecule has 1 saturated heterocycles. The van der Waals surface area contributed by atoms with Crippen LogP contribution in [0.1, 0.15) is 43.7 Å². The molecule has 0 bridgehead atoms. The van der Waals surface area contributed by atoms with Crippen molar-refractivity contribution < 1.29 is 4.79 Å². The van der Waals surface area contributed by atoms with Crippen molar-refractivity contribution >= 4 is 11.6 Å². The summed E-state index contributed by atoms with van der Waals surface area (Å²) in [6.45, 7) is 8.43. The van der Waals surface area contributed by atoms with Crippen molar-refractivity contribution in [1.29, 1.82) is 0 Å². The Morgan fingerprint density at radius 3 is 2.57 bits per heavy atom. The molecule has 0 unspecified atom stereocenters. The van der Waals surface area contributed by atoms with Crippen molar-refractivity contribution in [3.05, 3.63) is 29.3 Å². The van der Waals surface area contributed by atoms with Gasteiger partial charge >= 0.3 is 0 Å². The molecular formula is C18H28N2O. The molecule has 1 amide bonds. The van der Waals surface area contributed by atoms with Gasteiger partial charge in [-0.25, -0.2) is 0 Å². The zero-order valence-corrected chi connectivity index (χ0v) is 13.9. The topological polar surface area (TPSA) is 23.6 Å². The molecule has 1 fully saturated rings. The Morgan fingerprint density at radius 1 is 1.29 bits per heavy atom. The highest BCUT2D eigenvalue weighted by molar-refractivity contribution is 5.98. The molecule has 1 aliphatic heterocycles. The maximum atomic E-state index is 13.0. The third-order valence-corrected chi connectivity index (χ3v) is 4.52. The van der Waals surface area contributed by atoms with Gasteiger partial charge < -0.3 is 4.90 Å². The predicted molar refractivity (Wildman–Crippen MR) is 88.8 cm³/mol. The molecule has 116 valence electrons. The SMILES string of the molecule is CCCN1CCCC[C@H]1C(=O)N(C)c1c(C)cccc1C. The van der Waals surface area contributed by atoms with Gasteiger partial charge in [0, 0.05) is 12.7 Å². The van der Waals surface area contributed by atoms with Gasteiger partial charge in [0.15, 0.2) is 0 Å². The maximum absolute atomic E-state index is 13.0. The van der Waals surface area contributed by atoms with E-state index in [0.29, 0.717) is 0 Å². The van der Waals surface area contributed by atoms with E-state index in [9.17, 15) is 4.79 Å². The van der Waals surface area contributed by atoms with Crippen molar-refractivity contribution in [3.63, 3.8) is 0 Å². The molecule has 0 aromatic heterocycles. The smallest absolute Gasteiger partial charge is 0.244 e. The van der Waals surface area contributed by atoms with Crippen LogP contribution in [0.15, 0.2) is 18.2 Å². The highest BCUT2D eigenvalue weighted by Crippen LogP contribution is 2.26. The van der Waals surface area contributed by atoms with Crippen molar-refractivity contribution in [2.75, 3.05) is 25.0 Å². The standard InChI is InChI=1S/C18H28N2O/c1-5-12-20-13-7-6-11-16(20)18(21)19(4)17-14(2)9-8-10-15(17)3/h8-10,16H,5-7,11-13H2,1-4H3/t16-/m0/s1. The molecule has 21 heavy (non-hydrogen) atoms. The summed E-state index contributed by atoms with van der Waals surface area (Å²) in [5.74, 6) is 0.251. The van der Waals surface area contributed by atoms with Gasteiger partial charge in [-0.15, -0.1) is 0 Å². The Kier molecular flexibility index (Phi) is 5.40. The van der Waals surface area contributed by atoms with Gasteiger partial charge in [0.25, 0.3) is 0 Å². The van der Waals surface area contributed by atoms with E-state index in [0.717, 1.165) is 38.0 Å². The summed E-state index contributed by atoms with van der Waals surface area (Å²) in [5, 5.41) is 0. The van der Waals surface area contributed by atoms with Crippen LogP contribution in [0.25, 0.3) is 0 Å². The number of anilines is 1. The number of benzene rings is 1. The first kappa shape index (κ1) is 16.0. The molecule has 0 saturated carbocycles. The number of aryl methyl sites for hydroxylation is 2. The quantitative estimate of drug-likeness (QED) is 0.846. The maximum Gasteiger partial charge on any atom is 0.244 e. The van der Waals surface area contributed by atoms with Crippen molar-refractivity contribution in [2.24, 2.45) is 0 Å². The molecule has 2 rings (SSSR count). The Labute approximate surface area is 128 Å². The first-order chi connectivity index (χ1) is 10.1. The number of likely N-dealkylation sites (N-methyl/N-ethyl adjacent to an activating group) is 1. The largest absolute Gasteiger partial charge is 0.314 e. The Balaban J connectivity index is 2.21. The first-order valence-corrected chi connectivity index (χ1v) is 8.14. The second-order valence-electron chi connectivity index (χ2n) is 6.19. The Bertz CT molecular complexity index is 476. The van der Waals surface area contributed by atoms with Crippen LogP contribution < -0.4 is 4.90 Å². The van der Waals surface area contributed by atoms with Crippen LogP contribution in [0.4, 0.5) is 5.69 Å². The molecule has 0 spiro atoms. The lowest BCUT2D eigenvalue weighted by molar-refractivity contribution is -0.124. The number of nitrogens with zero attached hydrogens (tertiary/aromatic N) is 2. The molecule has 1 aromatic carbocycles. The summed E-state index contributed by atoms with van der Waals surface area (Å²) >= 11 is 0. The Hall–Kier alpha value is -1.35. The van der Waals surface area contributed by atoms with Gasteiger partial charge in [-0.3, -0.25) is 9.69 Å². The molecule has 1 heterocycles. The van der Waals surface area contributed by atoms with E-state index in [2.05, 4.69) is 43.9 Å². The number of para-hydroxylation sites is 1. The summed E-state index contributed by atoms with van der Waals surface area (Å²) < 4.78 is 0. The molecule has 1 atom stereocenters. The number of likely N-dealkylation sites (tertiary alicyclic amines) is 1. The number of hydrogen-bond acceptors (Lipinski definition) is 2. The van der Waals surface area contributed by atoms with Crippen molar-refractivity contribution in [1.82, 2.24) is 4.90 Å². The zero-order chi connectivity index (χ0) is 15.4. The second kappa shape index (κ2) is 7.08. The minimum absolute atomic E-state index is 0.0581. The normalized spacial score (nSPS) is 19.5. The minimum atomic E-state index is 0.0581. The molecule has 0 N–H and O–H groups in total. The third kappa shape index (κ3) is 3.46. The molecule has 1 aliphatic rings. The summed E-state index contributed by atoms with van der Waals surface area (Å²) in [6, 6.07) is 6.27. The number of amides is 1. The molecular weight excluding hydrogens is 260 g/mol. The fourth-order valence-electron chi connectivity index (χ4n) is 3.49. The van der Waals surface area contributed by atoms with Crippen LogP contribution in [0, 0.1) is 13.8 Å². The lowest BCUT2D eigenvalue weighted by Gasteiger charge is -2.37. The van der Waals surface area contributed by atoms with E-state index in [1.165, 1.54) is 17.5 Å². The van der Waals surface area contributed by atoms with E-state index in [1.54, 1.807) is 0 Å². The van der Waals surface area contributed by atoms with E-state index in [-0.39, 0.29) is 11.9 Å². The first-order valence-electron chi connectivity index (χ1n) is 8.14. The van der Waals surface area contributed by atoms with Gasteiger partial charge in [0.1, 0.15) is 0 Å². The molecule has 0 aliphatic carbocycles. The molecule has 0 radical (unpaired) electrons. The van der Waals surface area contributed by atoms with Gasteiger partial charge in [0.2, 0.25) is 5.91 Å². The fourth-order valence-corrected chi connectivity index (χ4v) is 3.49. The van der Waals surface area contributed by atoms with Crippen LogP contribution in [0.3, 0.4) is 0 Å². The fraction of sp³-hybridized carbons (Fsp3) is 0.611. The third-order valence-electron chi connectivity index (χ3n) is 4.52. The number of carbonyl (C=O) groups excluding carboxylic acids is 1. The monoisotopic (exact) mass is 288 g/mol. The highest BCUT2D eigenvalue weighted by atomic mass is 16.2. The van der Waals surface area contributed by atoms with Gasteiger partial charge in [-0.05, 0) is 57.3 Å². The van der Waals surface area contributed by atoms with Crippen molar-refractivity contribution in [3.8, 4) is 0 Å². The summed E-state index contributed by atoms with van der Waals surface area (Å²) in [6.07, 6.45) is 4.49. The summed E-state index contributed by atoms with van der Waals surface area (Å²) in [4.78, 5) is 17.2. The molecule has 3 nitrogen and oxygen atoms in total. The number of piperidine rings is 1. The number of carbonyl (C=O) groups is 1. The number of hydrogen-bond donors (Lipinski definition) is 0. The second-order valence-corrected chi connectivity index (χ2v) is 6.19. The average molecular weight is 288 g/mol. The van der Waals surface area contributed by atoms with E-state index < -0.39 is 0 Å². The summed E-state index contributed by atoms with van der Waals surface area (Å²) in [5.41, 5.74) is 3.41. The highest BCUT2D eigenvalue weighted by Gasteiger charge is 2.31. The summed E-state index contributed by atoms with van der Waals surface area (Å²) in [7, 11) is 1.93. The van der Waals surface area contributed by atoms with E-state index >= 15 is 0 Å². The molecule has 3 heteroatoms. The predicted octanol–water partition coefficient (Wildman–Crippen LogP) is 3.53. The lowest BCUT2D eigenvalue weighted by Crippen LogP contribution is -2.50. The Morgan fingerprint density at radius 2 is 1.95 bits per heavy atom. The number of rotatable bonds is 4. The minimum Gasteiger partial charge on any atom is -0.314 e. The van der Waals surface area contributed by atoms with Crippen LogP contribution in [-0.2, 0) is 4.79 Å². The average Bonchev–Trinajstić information content (AvgIpc) is 2.47. The van der Waals surface area contributed by atoms with Crippen LogP contribution in [0.5, 0.6) is 0 Å². The van der Waals surface area contributed by atoms with Crippen molar-refractivity contribution in [2.45, 2.75) is 52.5 Å². The van der Waals surface area contributed by atoms with E-state index in [1.807, 2.05) is 11.9 Å². The lowest BCUT2D eigenvalue weighted by atomic mass is 9.99. The van der Waals surface area contributed by atoms with E-state index in [4.69, 9.17) is 0 Å². The molecule has 1 aromatic rings. The van der Waals surface area contributed by atoms with Gasteiger partial charge in [0.05, 0.1) is 6.04 Å². The van der Waals surface area contributed by atoms with Crippen LogP contribution >= 0.6 is 0 Å². The van der Waals surface area contributed by atoms with Crippen LogP contribution in [0.2, 0.25) is 0 Å². The van der Waals surface area contributed by atoms with Crippen LogP contribution in [-0.4, -0.2) is 37.0 Å². The van der Waals surface area contributed by atoms with Gasteiger partial charge in [-0.1, -0.05) is 31.5 Å². The zero-order valence-electron chi connectivity index (χ0n) is 13.9. The van der Waals surface area contributed by atoms with Gasteiger partial charge in [-0.2, -0.15) is 0 Å².